The number of likely N-dealkylation sites (tertiary alicyclic amines) is 1. The number of benzene rings is 1. The van der Waals surface area contributed by atoms with Crippen molar-refractivity contribution >= 4 is 45.5 Å². The molecule has 1 aromatic carbocycles. The molecule has 4 atom stereocenters. The van der Waals surface area contributed by atoms with Crippen LogP contribution in [0.25, 0.3) is 0 Å². The number of aryl methyl sites for hydroxylation is 1. The van der Waals surface area contributed by atoms with Crippen molar-refractivity contribution < 1.29 is 33.8 Å². The zero-order chi connectivity index (χ0) is 27.7. The minimum Gasteiger partial charge on any atom is -0.347 e. The van der Waals surface area contributed by atoms with Gasteiger partial charge in [-0.3, -0.25) is 14.5 Å². The Morgan fingerprint density at radius 2 is 1.95 bits per heavy atom. The Balaban J connectivity index is 1.41. The first-order valence-electron chi connectivity index (χ1n) is 11.9. The summed E-state index contributed by atoms with van der Waals surface area (Å²) in [5.74, 6) is -0.979. The Kier molecular flexibility index (Phi) is 5.90. The summed E-state index contributed by atoms with van der Waals surface area (Å²) in [6.45, 7) is 6.02. The predicted molar refractivity (Wildman–Crippen MR) is 135 cm³/mol. The highest BCUT2D eigenvalue weighted by Crippen LogP contribution is 3.02. The first-order valence-corrected chi connectivity index (χ1v) is 14.7. The van der Waals surface area contributed by atoms with Crippen molar-refractivity contribution in [1.82, 2.24) is 20.9 Å². The van der Waals surface area contributed by atoms with Gasteiger partial charge in [-0.05, 0) is 56.1 Å². The third-order valence-corrected chi connectivity index (χ3v) is 9.73. The van der Waals surface area contributed by atoms with Gasteiger partial charge in [-0.15, -0.1) is 0 Å². The Morgan fingerprint density at radius 3 is 2.61 bits per heavy atom. The third kappa shape index (κ3) is 4.75. The summed E-state index contributed by atoms with van der Waals surface area (Å²) in [4.78, 5) is 39.5. The van der Waals surface area contributed by atoms with Crippen molar-refractivity contribution in [3.05, 3.63) is 47.0 Å². The molecular formula is C23H26F5N5O3S2. The molecule has 0 radical (unpaired) electrons. The Hall–Kier alpha value is -2.78. The summed E-state index contributed by atoms with van der Waals surface area (Å²) < 4.78 is 66.6. The summed E-state index contributed by atoms with van der Waals surface area (Å²) >= 11 is 1.26. The summed E-state index contributed by atoms with van der Waals surface area (Å²) in [5, 5.41) is 8.70. The second kappa shape index (κ2) is 8.36. The van der Waals surface area contributed by atoms with Gasteiger partial charge in [-0.2, -0.15) is 0 Å². The van der Waals surface area contributed by atoms with Crippen molar-refractivity contribution in [2.24, 2.45) is 5.92 Å². The molecule has 4 aliphatic heterocycles. The predicted octanol–water partition coefficient (Wildman–Crippen LogP) is 4.35. The third-order valence-electron chi connectivity index (χ3n) is 7.23. The quantitative estimate of drug-likeness (QED) is 0.357. The number of nitrogens with zero attached hydrogens (tertiary/aromatic N) is 2. The molecule has 1 aromatic rings. The molecule has 0 spiro atoms. The van der Waals surface area contributed by atoms with Crippen LogP contribution in [0, 0.1) is 12.8 Å². The molecule has 8 nitrogen and oxygen atoms in total. The molecule has 0 saturated carbocycles. The van der Waals surface area contributed by atoms with Gasteiger partial charge in [0.25, 0.3) is 5.91 Å². The van der Waals surface area contributed by atoms with E-state index in [2.05, 4.69) is 22.5 Å². The molecule has 0 aromatic heterocycles. The number of halogens is 5. The minimum absolute atomic E-state index is 0.0960. The largest absolute Gasteiger partial charge is 0.347 e. The lowest BCUT2D eigenvalue weighted by molar-refractivity contribution is -0.125. The molecule has 3 N–H and O–H groups in total. The molecule has 15 heteroatoms. The molecule has 4 amide bonds. The average Bonchev–Trinajstić information content (AvgIpc) is 3.43. The number of thioether (sulfide) groups is 1. The molecule has 4 aliphatic rings. The average molecular weight is 580 g/mol. The van der Waals surface area contributed by atoms with Crippen molar-refractivity contribution in [3.63, 3.8) is 0 Å². The van der Waals surface area contributed by atoms with E-state index in [1.165, 1.54) is 29.7 Å². The topological polar surface area (TPSA) is 93.8 Å². The molecule has 3 unspecified atom stereocenters. The second-order valence-electron chi connectivity index (χ2n) is 9.78. The van der Waals surface area contributed by atoms with E-state index >= 15 is 0 Å². The highest BCUT2D eigenvalue weighted by Gasteiger charge is 2.65. The molecule has 4 heterocycles. The van der Waals surface area contributed by atoms with E-state index in [4.69, 9.17) is 0 Å². The fourth-order valence-electron chi connectivity index (χ4n) is 5.50. The van der Waals surface area contributed by atoms with Crippen LogP contribution in [0.15, 0.2) is 46.4 Å². The zero-order valence-corrected chi connectivity index (χ0v) is 21.8. The van der Waals surface area contributed by atoms with E-state index < -0.39 is 27.2 Å². The molecule has 38 heavy (non-hydrogen) atoms. The van der Waals surface area contributed by atoms with Crippen LogP contribution in [0.2, 0.25) is 0 Å². The van der Waals surface area contributed by atoms with Crippen LogP contribution >= 0.6 is 22.0 Å². The standard InChI is InChI=1S/C23H26F5N5O3S2/c1-3-17(34)32-9-7-13(11-32)30-21(35)20-19-18-16(6-8-29-22(18)37-20)33(23(36)31-19)15-5-4-14(10-12(15)2)38(24,25,26,27)28/h3-5,10,13,16,18,22,29H,1,6-9,11H2,2H3,(H,30,35)(H,31,36)/t13-,16?,18?,22?/m1/s1. The maximum Gasteiger partial charge on any atom is 0.326 e. The van der Waals surface area contributed by atoms with Gasteiger partial charge in [0.2, 0.25) is 5.91 Å². The minimum atomic E-state index is -9.88. The zero-order valence-electron chi connectivity index (χ0n) is 20.2. The summed E-state index contributed by atoms with van der Waals surface area (Å²) in [7, 11) is -9.88. The maximum atomic E-state index is 13.3. The van der Waals surface area contributed by atoms with Crippen LogP contribution in [0.3, 0.4) is 0 Å². The fourth-order valence-corrected chi connectivity index (χ4v) is 7.62. The Labute approximate surface area is 219 Å². The van der Waals surface area contributed by atoms with Crippen LogP contribution in [-0.2, 0) is 9.59 Å². The highest BCUT2D eigenvalue weighted by molar-refractivity contribution is 8.45. The van der Waals surface area contributed by atoms with Crippen LogP contribution in [0.4, 0.5) is 29.9 Å². The normalized spacial score (nSPS) is 28.8. The van der Waals surface area contributed by atoms with Crippen molar-refractivity contribution in [3.8, 4) is 0 Å². The van der Waals surface area contributed by atoms with Gasteiger partial charge in [0, 0.05) is 36.4 Å². The monoisotopic (exact) mass is 579 g/mol. The molecule has 3 fully saturated rings. The lowest BCUT2D eigenvalue weighted by atomic mass is 9.86. The SMILES string of the molecule is C=CC(=O)N1CC[C@@H](NC(=O)C2=C3NC(=O)N(c4ccc(S(F)(F)(F)(F)F)cc4C)C4CCNC(S2)C34)C1. The van der Waals surface area contributed by atoms with Gasteiger partial charge in [-0.25, -0.2) is 4.79 Å². The van der Waals surface area contributed by atoms with E-state index in [9.17, 15) is 33.8 Å². The van der Waals surface area contributed by atoms with Crippen molar-refractivity contribution in [2.45, 2.75) is 42.1 Å². The van der Waals surface area contributed by atoms with Crippen LogP contribution in [0.5, 0.6) is 0 Å². The number of carbonyl (C=O) groups is 3. The van der Waals surface area contributed by atoms with Gasteiger partial charge in [-0.1, -0.05) is 37.8 Å². The number of nitrogens with one attached hydrogen (secondary N) is 3. The van der Waals surface area contributed by atoms with Crippen molar-refractivity contribution in [1.29, 1.82) is 0 Å². The summed E-state index contributed by atoms with van der Waals surface area (Å²) in [5.41, 5.74) is 0.407. The fraction of sp³-hybridized carbons (Fsp3) is 0.435. The number of carbonyl (C=O) groups excluding carboxylic acids is 3. The number of amides is 4. The first kappa shape index (κ1) is 26.8. The van der Waals surface area contributed by atoms with Gasteiger partial charge in [0.05, 0.1) is 16.3 Å². The highest BCUT2D eigenvalue weighted by atomic mass is 32.5. The number of piperidine rings is 1. The van der Waals surface area contributed by atoms with Crippen LogP contribution < -0.4 is 20.9 Å². The first-order chi connectivity index (χ1) is 17.6. The Morgan fingerprint density at radius 1 is 1.21 bits per heavy atom. The van der Waals surface area contributed by atoms with Gasteiger partial charge >= 0.3 is 16.3 Å². The maximum absolute atomic E-state index is 13.3. The van der Waals surface area contributed by atoms with E-state index in [0.717, 1.165) is 6.07 Å². The van der Waals surface area contributed by atoms with Crippen LogP contribution in [0.1, 0.15) is 18.4 Å². The summed E-state index contributed by atoms with van der Waals surface area (Å²) in [6, 6.07) is 0.169. The van der Waals surface area contributed by atoms with Gasteiger partial charge < -0.3 is 20.9 Å². The van der Waals surface area contributed by atoms with E-state index in [1.54, 1.807) is 4.90 Å². The molecular weight excluding hydrogens is 553 g/mol. The number of anilines is 1. The molecule has 3 saturated heterocycles. The number of hydrogen-bond donors (Lipinski definition) is 3. The molecule has 0 bridgehead atoms. The lowest BCUT2D eigenvalue weighted by Gasteiger charge is -2.46. The molecule has 0 aliphatic carbocycles. The van der Waals surface area contributed by atoms with E-state index in [1.807, 2.05) is 0 Å². The van der Waals surface area contributed by atoms with E-state index in [-0.39, 0.29) is 40.4 Å². The van der Waals surface area contributed by atoms with E-state index in [0.29, 0.717) is 55.2 Å². The number of hydrogen-bond acceptors (Lipinski definition) is 5. The van der Waals surface area contributed by atoms with Gasteiger partial charge in [0.15, 0.2) is 0 Å². The molecule has 208 valence electrons. The lowest BCUT2D eigenvalue weighted by Crippen LogP contribution is -2.62. The number of rotatable bonds is 5. The Bertz CT molecular complexity index is 1290. The molecule has 5 rings (SSSR count). The smallest absolute Gasteiger partial charge is 0.326 e. The second-order valence-corrected chi connectivity index (χ2v) is 13.3. The van der Waals surface area contributed by atoms with Crippen molar-refractivity contribution in [2.75, 3.05) is 24.5 Å². The van der Waals surface area contributed by atoms with Gasteiger partial charge in [0.1, 0.15) is 4.90 Å². The summed E-state index contributed by atoms with van der Waals surface area (Å²) in [6.07, 6.45) is 2.23. The number of urea groups is 1. The van der Waals surface area contributed by atoms with Crippen LogP contribution in [-0.4, -0.2) is 59.8 Å².